The Bertz CT molecular complexity index is 1280. The first-order valence-corrected chi connectivity index (χ1v) is 10.7. The smallest absolute Gasteiger partial charge is 0.205 e. The predicted octanol–water partition coefficient (Wildman–Crippen LogP) is 4.21. The maximum Gasteiger partial charge on any atom is 0.205 e. The third-order valence-corrected chi connectivity index (χ3v) is 6.00. The number of nitriles is 1. The number of rotatable bonds is 5. The van der Waals surface area contributed by atoms with E-state index in [4.69, 9.17) is 20.1 Å². The summed E-state index contributed by atoms with van der Waals surface area (Å²) < 4.78 is 14.1. The molecule has 0 radical (unpaired) electrons. The van der Waals surface area contributed by atoms with Crippen molar-refractivity contribution in [2.45, 2.75) is 31.9 Å². The molecule has 32 heavy (non-hydrogen) atoms. The van der Waals surface area contributed by atoms with Gasteiger partial charge in [-0.3, -0.25) is 4.68 Å². The van der Waals surface area contributed by atoms with Gasteiger partial charge in [-0.25, -0.2) is 4.98 Å². The zero-order valence-corrected chi connectivity index (χ0v) is 17.8. The molecule has 1 aliphatic rings. The summed E-state index contributed by atoms with van der Waals surface area (Å²) in [5.41, 5.74) is 10.1. The van der Waals surface area contributed by atoms with Gasteiger partial charge in [-0.2, -0.15) is 10.4 Å². The Morgan fingerprint density at radius 2 is 2.03 bits per heavy atom. The van der Waals surface area contributed by atoms with E-state index in [9.17, 15) is 0 Å². The van der Waals surface area contributed by atoms with E-state index < -0.39 is 0 Å². The number of benzene rings is 1. The van der Waals surface area contributed by atoms with Crippen LogP contribution in [0.15, 0.2) is 53.5 Å². The lowest BCUT2D eigenvalue weighted by Crippen LogP contribution is -2.29. The Balaban J connectivity index is 1.45. The summed E-state index contributed by atoms with van der Waals surface area (Å²) in [6.07, 6.45) is 9.18. The van der Waals surface area contributed by atoms with Crippen molar-refractivity contribution in [2.75, 3.05) is 18.8 Å². The molecule has 1 fully saturated rings. The zero-order valence-electron chi connectivity index (χ0n) is 17.8. The molecule has 162 valence electrons. The summed E-state index contributed by atoms with van der Waals surface area (Å²) in [7, 11) is 0. The van der Waals surface area contributed by atoms with Crippen LogP contribution in [0.5, 0.6) is 5.75 Å². The van der Waals surface area contributed by atoms with Gasteiger partial charge < -0.3 is 20.2 Å². The Morgan fingerprint density at radius 1 is 1.25 bits per heavy atom. The average molecular weight is 428 g/mol. The third-order valence-electron chi connectivity index (χ3n) is 6.00. The molecule has 4 aromatic rings. The van der Waals surface area contributed by atoms with Crippen LogP contribution in [0.2, 0.25) is 0 Å². The van der Waals surface area contributed by atoms with Crippen LogP contribution in [0.4, 0.5) is 5.82 Å². The van der Waals surface area contributed by atoms with Gasteiger partial charge in [0.05, 0.1) is 29.3 Å². The number of nitrogens with two attached hydrogens (primary N) is 1. The Kier molecular flexibility index (Phi) is 5.25. The second-order valence-electron chi connectivity index (χ2n) is 8.05. The van der Waals surface area contributed by atoms with Crippen LogP contribution in [0.3, 0.4) is 0 Å². The molecule has 8 heteroatoms. The first-order valence-electron chi connectivity index (χ1n) is 10.7. The van der Waals surface area contributed by atoms with Crippen LogP contribution in [0.25, 0.3) is 22.1 Å². The van der Waals surface area contributed by atoms with Crippen LogP contribution < -0.4 is 15.8 Å². The molecule has 1 atom stereocenters. The average Bonchev–Trinajstić information content (AvgIpc) is 3.49. The molecule has 1 aliphatic heterocycles. The first kappa shape index (κ1) is 20.1. The van der Waals surface area contributed by atoms with E-state index >= 15 is 0 Å². The highest BCUT2D eigenvalue weighted by Gasteiger charge is 2.21. The molecule has 0 saturated carbocycles. The van der Waals surface area contributed by atoms with Gasteiger partial charge in [0.1, 0.15) is 12.4 Å². The number of aromatic nitrogens is 3. The second-order valence-corrected chi connectivity index (χ2v) is 8.05. The number of hydrogen-bond donors (Lipinski definition) is 2. The number of nitrogen functional groups attached to an aromatic ring is 1. The molecular weight excluding hydrogens is 404 g/mol. The molecule has 1 saturated heterocycles. The molecule has 5 rings (SSSR count). The fourth-order valence-electron chi connectivity index (χ4n) is 4.14. The quantitative estimate of drug-likeness (QED) is 0.489. The lowest BCUT2D eigenvalue weighted by Gasteiger charge is -2.22. The molecule has 0 spiro atoms. The number of anilines is 1. The first-order chi connectivity index (χ1) is 15.6. The molecular formula is C24H24N6O2. The van der Waals surface area contributed by atoms with Gasteiger partial charge in [0, 0.05) is 23.5 Å². The van der Waals surface area contributed by atoms with Crippen LogP contribution in [-0.2, 0) is 0 Å². The molecule has 3 N–H and O–H groups in total. The summed E-state index contributed by atoms with van der Waals surface area (Å²) in [4.78, 5) is 4.35. The normalized spacial score (nSPS) is 15.5. The number of piperidine rings is 1. The fraction of sp³-hybridized carbons (Fsp3) is 0.292. The zero-order chi connectivity index (χ0) is 22.1. The van der Waals surface area contributed by atoms with Crippen LogP contribution in [-0.4, -0.2) is 27.9 Å². The monoisotopic (exact) mass is 428 g/mol. The number of ether oxygens (including phenoxy) is 1. The lowest BCUT2D eigenvalue weighted by atomic mass is 10.1. The van der Waals surface area contributed by atoms with Crippen molar-refractivity contribution in [2.24, 2.45) is 0 Å². The summed E-state index contributed by atoms with van der Waals surface area (Å²) in [5.74, 6) is 0.681. The number of fused-ring (bicyclic) bond motifs is 1. The van der Waals surface area contributed by atoms with Crippen molar-refractivity contribution >= 4 is 16.8 Å². The van der Waals surface area contributed by atoms with Gasteiger partial charge in [0.2, 0.25) is 5.75 Å². The Hall–Kier alpha value is -3.83. The second kappa shape index (κ2) is 8.36. The van der Waals surface area contributed by atoms with Crippen molar-refractivity contribution in [3.8, 4) is 22.9 Å². The van der Waals surface area contributed by atoms with E-state index in [1.807, 2.05) is 29.9 Å². The highest BCUT2D eigenvalue weighted by molar-refractivity contribution is 5.97. The standard InChI is InChI=1S/C24H24N6O2/c1-15(17-4-2-16(10-25)3-5-17)32-23-22-20(12-28-24(23)26)21(14-31-22)18-11-29-30(13-18)19-6-8-27-9-7-19/h2-5,11-15,19,27H,6-9H2,1H3,(H2,26,28). The van der Waals surface area contributed by atoms with Gasteiger partial charge in [0.15, 0.2) is 11.4 Å². The lowest BCUT2D eigenvalue weighted by molar-refractivity contribution is 0.227. The maximum absolute atomic E-state index is 9.00. The van der Waals surface area contributed by atoms with E-state index in [0.717, 1.165) is 48.0 Å². The van der Waals surface area contributed by atoms with Gasteiger partial charge in [0.25, 0.3) is 0 Å². The molecule has 0 bridgehead atoms. The summed E-state index contributed by atoms with van der Waals surface area (Å²) in [6, 6.07) is 9.80. The van der Waals surface area contributed by atoms with E-state index in [1.165, 1.54) is 0 Å². The van der Waals surface area contributed by atoms with E-state index in [1.54, 1.807) is 24.6 Å². The maximum atomic E-state index is 9.00. The number of nitrogens with zero attached hydrogens (tertiary/aromatic N) is 4. The van der Waals surface area contributed by atoms with Gasteiger partial charge in [-0.05, 0) is 50.6 Å². The SMILES string of the molecule is CC(Oc1c(N)ncc2c(-c3cnn(C4CCNCC4)c3)coc12)c1ccc(C#N)cc1. The number of hydrogen-bond acceptors (Lipinski definition) is 7. The summed E-state index contributed by atoms with van der Waals surface area (Å²) in [6.45, 7) is 3.94. The highest BCUT2D eigenvalue weighted by Crippen LogP contribution is 2.39. The van der Waals surface area contributed by atoms with E-state index in [2.05, 4.69) is 27.7 Å². The summed E-state index contributed by atoms with van der Waals surface area (Å²) in [5, 5.41) is 17.8. The minimum absolute atomic E-state index is 0.268. The Labute approximate surface area is 185 Å². The minimum Gasteiger partial charge on any atom is -0.479 e. The number of pyridine rings is 1. The topological polar surface area (TPSA) is 115 Å². The fourth-order valence-corrected chi connectivity index (χ4v) is 4.14. The molecule has 1 aromatic carbocycles. The summed E-state index contributed by atoms with van der Waals surface area (Å²) >= 11 is 0. The van der Waals surface area contributed by atoms with E-state index in [-0.39, 0.29) is 11.9 Å². The molecule has 8 nitrogen and oxygen atoms in total. The van der Waals surface area contributed by atoms with E-state index in [0.29, 0.717) is 22.9 Å². The third kappa shape index (κ3) is 3.67. The van der Waals surface area contributed by atoms with Gasteiger partial charge in [-0.15, -0.1) is 0 Å². The highest BCUT2D eigenvalue weighted by atomic mass is 16.5. The minimum atomic E-state index is -0.298. The van der Waals surface area contributed by atoms with Crippen molar-refractivity contribution in [3.63, 3.8) is 0 Å². The van der Waals surface area contributed by atoms with Crippen molar-refractivity contribution in [3.05, 3.63) is 60.2 Å². The molecule has 0 amide bonds. The van der Waals surface area contributed by atoms with Crippen LogP contribution in [0, 0.1) is 11.3 Å². The number of nitrogens with one attached hydrogen (secondary N) is 1. The van der Waals surface area contributed by atoms with Crippen molar-refractivity contribution in [1.29, 1.82) is 5.26 Å². The molecule has 4 heterocycles. The molecule has 3 aromatic heterocycles. The number of furan rings is 1. The van der Waals surface area contributed by atoms with Crippen molar-refractivity contribution < 1.29 is 9.15 Å². The van der Waals surface area contributed by atoms with Gasteiger partial charge in [-0.1, -0.05) is 12.1 Å². The largest absolute Gasteiger partial charge is 0.479 e. The van der Waals surface area contributed by atoms with Gasteiger partial charge >= 0.3 is 0 Å². The Morgan fingerprint density at radius 3 is 2.78 bits per heavy atom. The molecule has 1 unspecified atom stereocenters. The van der Waals surface area contributed by atoms with Crippen LogP contribution in [0.1, 0.15) is 43.0 Å². The molecule has 0 aliphatic carbocycles. The van der Waals surface area contributed by atoms with Crippen LogP contribution >= 0.6 is 0 Å². The van der Waals surface area contributed by atoms with Crippen molar-refractivity contribution in [1.82, 2.24) is 20.1 Å². The predicted molar refractivity (Wildman–Crippen MR) is 121 cm³/mol.